The van der Waals surface area contributed by atoms with Gasteiger partial charge in [-0.1, -0.05) is 25.7 Å². The Labute approximate surface area is 129 Å². The Balaban J connectivity index is 0.00000200. The van der Waals surface area contributed by atoms with E-state index in [4.69, 9.17) is 0 Å². The van der Waals surface area contributed by atoms with Gasteiger partial charge in [-0.25, -0.2) is 0 Å². The van der Waals surface area contributed by atoms with Gasteiger partial charge in [-0.05, 0) is 39.3 Å². The van der Waals surface area contributed by atoms with Gasteiger partial charge in [0.2, 0.25) is 5.91 Å². The van der Waals surface area contributed by atoms with Gasteiger partial charge < -0.3 is 10.6 Å². The van der Waals surface area contributed by atoms with Crippen molar-refractivity contribution >= 4 is 18.3 Å². The molecule has 0 spiro atoms. The first-order valence-electron chi connectivity index (χ1n) is 7.97. The molecule has 1 aliphatic heterocycles. The van der Waals surface area contributed by atoms with Crippen LogP contribution in [0.25, 0.3) is 0 Å². The van der Waals surface area contributed by atoms with Crippen molar-refractivity contribution in [1.82, 2.24) is 15.5 Å². The molecule has 5 heteroatoms. The number of carbonyl (C=O) groups excluding carboxylic acids is 1. The lowest BCUT2D eigenvalue weighted by molar-refractivity contribution is -0.123. The van der Waals surface area contributed by atoms with E-state index in [2.05, 4.69) is 15.5 Å². The number of hydrogen-bond acceptors (Lipinski definition) is 3. The Morgan fingerprint density at radius 3 is 2.35 bits per heavy atom. The second kappa shape index (κ2) is 9.59. The number of nitrogens with one attached hydrogen (secondary N) is 2. The maximum atomic E-state index is 12.1. The van der Waals surface area contributed by atoms with Gasteiger partial charge in [0.1, 0.15) is 0 Å². The third-order valence-electron chi connectivity index (χ3n) is 4.50. The van der Waals surface area contributed by atoms with Crippen LogP contribution >= 0.6 is 12.4 Å². The van der Waals surface area contributed by atoms with Crippen LogP contribution in [0.2, 0.25) is 0 Å². The van der Waals surface area contributed by atoms with Crippen LogP contribution in [0, 0.1) is 0 Å². The van der Waals surface area contributed by atoms with Crippen LogP contribution < -0.4 is 10.6 Å². The highest BCUT2D eigenvalue weighted by Crippen LogP contribution is 2.17. The van der Waals surface area contributed by atoms with Crippen molar-refractivity contribution < 1.29 is 4.79 Å². The van der Waals surface area contributed by atoms with E-state index in [-0.39, 0.29) is 18.3 Å². The summed E-state index contributed by atoms with van der Waals surface area (Å²) in [4.78, 5) is 14.4. The molecule has 0 bridgehead atoms. The molecule has 2 fully saturated rings. The van der Waals surface area contributed by atoms with Gasteiger partial charge in [0.15, 0.2) is 0 Å². The minimum Gasteiger partial charge on any atom is -0.352 e. The number of rotatable bonds is 4. The molecule has 1 unspecified atom stereocenters. The van der Waals surface area contributed by atoms with Crippen LogP contribution in [0.15, 0.2) is 0 Å². The third kappa shape index (κ3) is 5.98. The smallest absolute Gasteiger partial charge is 0.234 e. The lowest BCUT2D eigenvalue weighted by atomic mass is 10.1. The molecule has 118 valence electrons. The van der Waals surface area contributed by atoms with Gasteiger partial charge in [0.25, 0.3) is 0 Å². The summed E-state index contributed by atoms with van der Waals surface area (Å²) in [7, 11) is 2.01. The molecule has 0 aromatic rings. The molecule has 0 aromatic heterocycles. The summed E-state index contributed by atoms with van der Waals surface area (Å²) in [5.41, 5.74) is 0. The number of likely N-dealkylation sites (tertiary alicyclic amines) is 1. The van der Waals surface area contributed by atoms with E-state index >= 15 is 0 Å². The first kappa shape index (κ1) is 17.7. The van der Waals surface area contributed by atoms with Crippen LogP contribution in [0.4, 0.5) is 0 Å². The highest BCUT2D eigenvalue weighted by Gasteiger charge is 2.21. The normalized spacial score (nSPS) is 25.6. The minimum absolute atomic E-state index is 0. The van der Waals surface area contributed by atoms with Crippen LogP contribution in [0.1, 0.15) is 51.4 Å². The molecule has 1 amide bonds. The van der Waals surface area contributed by atoms with Crippen molar-refractivity contribution in [3.05, 3.63) is 0 Å². The van der Waals surface area contributed by atoms with E-state index in [0.29, 0.717) is 18.6 Å². The monoisotopic (exact) mass is 303 g/mol. The van der Waals surface area contributed by atoms with E-state index in [9.17, 15) is 4.79 Å². The maximum absolute atomic E-state index is 12.1. The van der Waals surface area contributed by atoms with Crippen molar-refractivity contribution in [2.24, 2.45) is 0 Å². The fourth-order valence-electron chi connectivity index (χ4n) is 3.33. The number of nitrogens with zero attached hydrogens (tertiary/aromatic N) is 1. The molecule has 2 N–H and O–H groups in total. The van der Waals surface area contributed by atoms with Gasteiger partial charge in [0, 0.05) is 18.6 Å². The number of halogens is 1. The predicted octanol–water partition coefficient (Wildman–Crippen LogP) is 1.93. The zero-order valence-corrected chi connectivity index (χ0v) is 13.5. The minimum atomic E-state index is 0. The first-order valence-corrected chi connectivity index (χ1v) is 7.97. The third-order valence-corrected chi connectivity index (χ3v) is 4.50. The van der Waals surface area contributed by atoms with E-state index in [1.54, 1.807) is 0 Å². The Morgan fingerprint density at radius 2 is 1.70 bits per heavy atom. The summed E-state index contributed by atoms with van der Waals surface area (Å²) in [6.07, 6.45) is 9.99. The number of amides is 1. The van der Waals surface area contributed by atoms with Crippen LogP contribution in [-0.2, 0) is 4.79 Å². The van der Waals surface area contributed by atoms with Gasteiger partial charge in [-0.15, -0.1) is 12.4 Å². The molecule has 0 radical (unpaired) electrons. The summed E-state index contributed by atoms with van der Waals surface area (Å²) in [6.45, 7) is 2.65. The van der Waals surface area contributed by atoms with Crippen LogP contribution in [0.5, 0.6) is 0 Å². The molecule has 2 aliphatic rings. The Hall–Kier alpha value is -0.320. The van der Waals surface area contributed by atoms with Crippen molar-refractivity contribution in [2.45, 2.75) is 63.5 Å². The molecule has 1 heterocycles. The number of likely N-dealkylation sites (N-methyl/N-ethyl adjacent to an activating group) is 1. The van der Waals surface area contributed by atoms with Gasteiger partial charge in [0.05, 0.1) is 6.54 Å². The zero-order chi connectivity index (χ0) is 13.5. The highest BCUT2D eigenvalue weighted by molar-refractivity contribution is 5.85. The summed E-state index contributed by atoms with van der Waals surface area (Å²) in [5.74, 6) is 0.226. The fraction of sp³-hybridized carbons (Fsp3) is 0.933. The zero-order valence-electron chi connectivity index (χ0n) is 12.7. The average Bonchev–Trinajstić information content (AvgIpc) is 2.67. The molecule has 1 saturated heterocycles. The van der Waals surface area contributed by atoms with Crippen molar-refractivity contribution in [3.8, 4) is 0 Å². The van der Waals surface area contributed by atoms with E-state index in [1.165, 1.54) is 51.4 Å². The van der Waals surface area contributed by atoms with Gasteiger partial charge >= 0.3 is 0 Å². The number of piperidine rings is 1. The molecule has 2 rings (SSSR count). The molecule has 1 aliphatic carbocycles. The highest BCUT2D eigenvalue weighted by atomic mass is 35.5. The van der Waals surface area contributed by atoms with Crippen molar-refractivity contribution in [1.29, 1.82) is 0 Å². The molecule has 4 nitrogen and oxygen atoms in total. The Bertz CT molecular complexity index is 280. The van der Waals surface area contributed by atoms with Crippen molar-refractivity contribution in [3.63, 3.8) is 0 Å². The molecular formula is C15H30ClN3O. The van der Waals surface area contributed by atoms with E-state index in [1.807, 2.05) is 7.05 Å². The first-order chi connectivity index (χ1) is 9.28. The summed E-state index contributed by atoms with van der Waals surface area (Å²) in [5, 5.41) is 6.56. The van der Waals surface area contributed by atoms with Crippen LogP contribution in [0.3, 0.4) is 0 Å². The van der Waals surface area contributed by atoms with Crippen molar-refractivity contribution in [2.75, 3.05) is 26.7 Å². The Kier molecular flexibility index (Phi) is 8.50. The second-order valence-corrected chi connectivity index (χ2v) is 6.12. The maximum Gasteiger partial charge on any atom is 0.234 e. The second-order valence-electron chi connectivity index (χ2n) is 6.12. The lowest BCUT2D eigenvalue weighted by Gasteiger charge is -2.32. The number of carbonyl (C=O) groups is 1. The predicted molar refractivity (Wildman–Crippen MR) is 85.4 cm³/mol. The van der Waals surface area contributed by atoms with E-state index < -0.39 is 0 Å². The van der Waals surface area contributed by atoms with Gasteiger partial charge in [-0.3, -0.25) is 9.69 Å². The largest absolute Gasteiger partial charge is 0.352 e. The molecule has 0 aromatic carbocycles. The molecule has 20 heavy (non-hydrogen) atoms. The SMILES string of the molecule is CNC1CCCN(CC(=O)NC2CCCCCC2)C1.Cl. The standard InChI is InChI=1S/C15H29N3O.ClH/c1-16-14-9-6-10-18(11-14)12-15(19)17-13-7-4-2-3-5-8-13;/h13-14,16H,2-12H2,1H3,(H,17,19);1H. The number of hydrogen-bond donors (Lipinski definition) is 2. The topological polar surface area (TPSA) is 44.4 Å². The molecular weight excluding hydrogens is 274 g/mol. The summed E-state index contributed by atoms with van der Waals surface area (Å²) in [6, 6.07) is 0.985. The lowest BCUT2D eigenvalue weighted by Crippen LogP contribution is -2.49. The van der Waals surface area contributed by atoms with Gasteiger partial charge in [-0.2, -0.15) is 0 Å². The fourth-order valence-corrected chi connectivity index (χ4v) is 3.33. The van der Waals surface area contributed by atoms with E-state index in [0.717, 1.165) is 13.1 Å². The summed E-state index contributed by atoms with van der Waals surface area (Å²) < 4.78 is 0. The molecule has 1 atom stereocenters. The average molecular weight is 304 g/mol. The molecule has 1 saturated carbocycles. The summed E-state index contributed by atoms with van der Waals surface area (Å²) >= 11 is 0. The quantitative estimate of drug-likeness (QED) is 0.780. The van der Waals surface area contributed by atoms with Crippen LogP contribution in [-0.4, -0.2) is 49.6 Å². The Morgan fingerprint density at radius 1 is 1.05 bits per heavy atom.